The summed E-state index contributed by atoms with van der Waals surface area (Å²) in [7, 11) is 2.02. The number of aliphatic hydroxyl groups excluding tert-OH is 1. The number of aryl methyl sites for hydroxylation is 1. The maximum absolute atomic E-state index is 9.64. The van der Waals surface area contributed by atoms with Gasteiger partial charge in [0.2, 0.25) is 0 Å². The van der Waals surface area contributed by atoms with E-state index in [1.807, 2.05) is 7.05 Å². The second-order valence-corrected chi connectivity index (χ2v) is 6.55. The standard InChI is InChI=1S/C16H28N2O/c1-12-7-6-8-13(9-12)10-18(5)14(11-19)15(17)16(2,3)4/h6-9,14-15,19H,10-11,17H2,1-5H3. The van der Waals surface area contributed by atoms with Gasteiger partial charge >= 0.3 is 0 Å². The summed E-state index contributed by atoms with van der Waals surface area (Å²) in [5.41, 5.74) is 8.78. The summed E-state index contributed by atoms with van der Waals surface area (Å²) in [5, 5.41) is 9.64. The Hall–Kier alpha value is -0.900. The van der Waals surface area contributed by atoms with Crippen molar-refractivity contribution < 1.29 is 5.11 Å². The van der Waals surface area contributed by atoms with E-state index in [0.29, 0.717) is 0 Å². The van der Waals surface area contributed by atoms with Crippen LogP contribution in [0.15, 0.2) is 24.3 Å². The molecule has 0 saturated carbocycles. The predicted octanol–water partition coefficient (Wildman–Crippen LogP) is 2.16. The number of hydrogen-bond acceptors (Lipinski definition) is 3. The maximum atomic E-state index is 9.64. The van der Waals surface area contributed by atoms with Gasteiger partial charge < -0.3 is 10.8 Å². The van der Waals surface area contributed by atoms with E-state index < -0.39 is 0 Å². The fraction of sp³-hybridized carbons (Fsp3) is 0.625. The summed E-state index contributed by atoms with van der Waals surface area (Å²) in [6.07, 6.45) is 0. The Morgan fingerprint density at radius 2 is 1.95 bits per heavy atom. The lowest BCUT2D eigenvalue weighted by atomic mass is 9.82. The highest BCUT2D eigenvalue weighted by Crippen LogP contribution is 2.23. The van der Waals surface area contributed by atoms with E-state index >= 15 is 0 Å². The summed E-state index contributed by atoms with van der Waals surface area (Å²) < 4.78 is 0. The van der Waals surface area contributed by atoms with Crippen LogP contribution in [0, 0.1) is 12.3 Å². The molecule has 0 saturated heterocycles. The summed E-state index contributed by atoms with van der Waals surface area (Å²) in [6.45, 7) is 9.31. The highest BCUT2D eigenvalue weighted by molar-refractivity contribution is 5.22. The number of likely N-dealkylation sites (N-methyl/N-ethyl adjacent to an activating group) is 1. The first-order valence-corrected chi connectivity index (χ1v) is 6.88. The lowest BCUT2D eigenvalue weighted by Crippen LogP contribution is -2.54. The molecule has 2 unspecified atom stereocenters. The van der Waals surface area contributed by atoms with Crippen molar-refractivity contribution in [3.8, 4) is 0 Å². The van der Waals surface area contributed by atoms with Crippen LogP contribution in [0.1, 0.15) is 31.9 Å². The molecular formula is C16H28N2O. The summed E-state index contributed by atoms with van der Waals surface area (Å²) in [6, 6.07) is 8.35. The molecule has 0 heterocycles. The topological polar surface area (TPSA) is 49.5 Å². The van der Waals surface area contributed by atoms with Gasteiger partial charge in [0.05, 0.1) is 6.61 Å². The Kier molecular flexibility index (Phi) is 5.53. The van der Waals surface area contributed by atoms with Crippen molar-refractivity contribution in [1.29, 1.82) is 0 Å². The molecule has 3 heteroatoms. The third kappa shape index (κ3) is 4.60. The third-order valence-corrected chi connectivity index (χ3v) is 3.68. The molecule has 0 aliphatic heterocycles. The molecule has 3 N–H and O–H groups in total. The van der Waals surface area contributed by atoms with Gasteiger partial charge in [0.15, 0.2) is 0 Å². The van der Waals surface area contributed by atoms with Crippen LogP contribution < -0.4 is 5.73 Å². The van der Waals surface area contributed by atoms with Crippen molar-refractivity contribution in [2.75, 3.05) is 13.7 Å². The molecule has 19 heavy (non-hydrogen) atoms. The second-order valence-electron chi connectivity index (χ2n) is 6.55. The summed E-state index contributed by atoms with van der Waals surface area (Å²) in [4.78, 5) is 2.14. The average molecular weight is 264 g/mol. The summed E-state index contributed by atoms with van der Waals surface area (Å²) >= 11 is 0. The lowest BCUT2D eigenvalue weighted by molar-refractivity contribution is 0.0843. The molecule has 0 fully saturated rings. The van der Waals surface area contributed by atoms with E-state index in [-0.39, 0.29) is 24.1 Å². The van der Waals surface area contributed by atoms with Gasteiger partial charge in [-0.1, -0.05) is 50.6 Å². The molecule has 1 aromatic rings. The van der Waals surface area contributed by atoms with Crippen LogP contribution >= 0.6 is 0 Å². The van der Waals surface area contributed by atoms with Crippen molar-refractivity contribution in [1.82, 2.24) is 4.90 Å². The first kappa shape index (κ1) is 16.2. The number of nitrogens with zero attached hydrogens (tertiary/aromatic N) is 1. The van der Waals surface area contributed by atoms with E-state index in [1.165, 1.54) is 11.1 Å². The molecule has 0 bridgehead atoms. The number of hydrogen-bond donors (Lipinski definition) is 2. The van der Waals surface area contributed by atoms with Crippen LogP contribution in [0.5, 0.6) is 0 Å². The molecule has 0 spiro atoms. The zero-order chi connectivity index (χ0) is 14.6. The van der Waals surface area contributed by atoms with Crippen molar-refractivity contribution in [2.45, 2.75) is 46.3 Å². The number of nitrogens with two attached hydrogens (primary N) is 1. The molecule has 1 rings (SSSR count). The van der Waals surface area contributed by atoms with Crippen molar-refractivity contribution in [3.63, 3.8) is 0 Å². The predicted molar refractivity (Wildman–Crippen MR) is 81.0 cm³/mol. The van der Waals surface area contributed by atoms with Crippen molar-refractivity contribution >= 4 is 0 Å². The second kappa shape index (κ2) is 6.51. The molecule has 2 atom stereocenters. The van der Waals surface area contributed by atoms with Gasteiger partial charge in [-0.3, -0.25) is 4.90 Å². The molecule has 108 valence electrons. The Balaban J connectivity index is 2.77. The van der Waals surface area contributed by atoms with Gasteiger partial charge in [-0.2, -0.15) is 0 Å². The average Bonchev–Trinajstić information content (AvgIpc) is 2.28. The van der Waals surface area contributed by atoms with E-state index in [1.54, 1.807) is 0 Å². The van der Waals surface area contributed by atoms with Crippen LogP contribution in [0.3, 0.4) is 0 Å². The highest BCUT2D eigenvalue weighted by Gasteiger charge is 2.31. The Labute approximate surface area is 117 Å². The van der Waals surface area contributed by atoms with Gasteiger partial charge in [-0.25, -0.2) is 0 Å². The highest BCUT2D eigenvalue weighted by atomic mass is 16.3. The largest absolute Gasteiger partial charge is 0.395 e. The van der Waals surface area contributed by atoms with E-state index in [2.05, 4.69) is 56.9 Å². The van der Waals surface area contributed by atoms with Crippen LogP contribution in [-0.2, 0) is 6.54 Å². The van der Waals surface area contributed by atoms with Crippen LogP contribution in [0.4, 0.5) is 0 Å². The van der Waals surface area contributed by atoms with Crippen molar-refractivity contribution in [3.05, 3.63) is 35.4 Å². The van der Waals surface area contributed by atoms with E-state index in [9.17, 15) is 5.11 Å². The number of rotatable bonds is 5. The van der Waals surface area contributed by atoms with E-state index in [4.69, 9.17) is 5.73 Å². The molecule has 0 amide bonds. The SMILES string of the molecule is Cc1cccc(CN(C)C(CO)C(N)C(C)(C)C)c1. The van der Waals surface area contributed by atoms with Gasteiger partial charge in [-0.05, 0) is 24.9 Å². The molecule has 0 radical (unpaired) electrons. The molecule has 0 aliphatic carbocycles. The van der Waals surface area contributed by atoms with Gasteiger partial charge in [0.25, 0.3) is 0 Å². The number of benzene rings is 1. The molecule has 0 aromatic heterocycles. The van der Waals surface area contributed by atoms with Gasteiger partial charge in [0, 0.05) is 18.6 Å². The molecule has 3 nitrogen and oxygen atoms in total. The van der Waals surface area contributed by atoms with Gasteiger partial charge in [-0.15, -0.1) is 0 Å². The van der Waals surface area contributed by atoms with E-state index in [0.717, 1.165) is 6.54 Å². The molecular weight excluding hydrogens is 236 g/mol. The minimum Gasteiger partial charge on any atom is -0.395 e. The maximum Gasteiger partial charge on any atom is 0.0602 e. The normalized spacial score (nSPS) is 15.6. The fourth-order valence-electron chi connectivity index (χ4n) is 2.32. The first-order chi connectivity index (χ1) is 8.75. The lowest BCUT2D eigenvalue weighted by Gasteiger charge is -2.38. The van der Waals surface area contributed by atoms with Crippen LogP contribution in [0.2, 0.25) is 0 Å². The van der Waals surface area contributed by atoms with Crippen molar-refractivity contribution in [2.24, 2.45) is 11.1 Å². The van der Waals surface area contributed by atoms with Crippen LogP contribution in [-0.4, -0.2) is 35.7 Å². The van der Waals surface area contributed by atoms with Crippen LogP contribution in [0.25, 0.3) is 0 Å². The zero-order valence-electron chi connectivity index (χ0n) is 12.9. The molecule has 0 aliphatic rings. The number of aliphatic hydroxyl groups is 1. The van der Waals surface area contributed by atoms with Gasteiger partial charge in [0.1, 0.15) is 0 Å². The minimum atomic E-state index is -0.0627. The third-order valence-electron chi connectivity index (χ3n) is 3.68. The quantitative estimate of drug-likeness (QED) is 0.857. The molecule has 1 aromatic carbocycles. The zero-order valence-corrected chi connectivity index (χ0v) is 12.9. The smallest absolute Gasteiger partial charge is 0.0602 e. The Morgan fingerprint density at radius 3 is 2.42 bits per heavy atom. The first-order valence-electron chi connectivity index (χ1n) is 6.88. The summed E-state index contributed by atoms with van der Waals surface area (Å²) in [5.74, 6) is 0. The minimum absolute atomic E-state index is 0.0196. The fourth-order valence-corrected chi connectivity index (χ4v) is 2.32. The Bertz CT molecular complexity index is 398. The Morgan fingerprint density at radius 1 is 1.32 bits per heavy atom. The monoisotopic (exact) mass is 264 g/mol.